The Kier molecular flexibility index (Phi) is 7.06. The molecule has 1 aliphatic heterocycles. The summed E-state index contributed by atoms with van der Waals surface area (Å²) in [4.78, 5) is 13.8. The maximum absolute atomic E-state index is 12.4. The Bertz CT molecular complexity index is 994. The molecule has 11 heteroatoms. The highest BCUT2D eigenvalue weighted by atomic mass is 32.2. The van der Waals surface area contributed by atoms with Gasteiger partial charge in [-0.1, -0.05) is 0 Å². The van der Waals surface area contributed by atoms with E-state index in [0.717, 1.165) is 24.3 Å². The highest BCUT2D eigenvalue weighted by Gasteiger charge is 2.31. The van der Waals surface area contributed by atoms with Crippen LogP contribution in [-0.4, -0.2) is 45.2 Å². The summed E-state index contributed by atoms with van der Waals surface area (Å²) in [5, 5.41) is 0. The SMILES string of the molecule is O=C(/C=C/c1ccco1)N1CCC(CNS(=O)(=O)c2ccc(OC(F)(F)F)cc2)CC1. The number of halogens is 3. The van der Waals surface area contributed by atoms with Gasteiger partial charge in [0.15, 0.2) is 0 Å². The van der Waals surface area contributed by atoms with Gasteiger partial charge in [-0.05, 0) is 61.2 Å². The number of nitrogens with one attached hydrogen (secondary N) is 1. The zero-order valence-electron chi connectivity index (χ0n) is 16.3. The fraction of sp³-hybridized carbons (Fsp3) is 0.350. The summed E-state index contributed by atoms with van der Waals surface area (Å²) in [6, 6.07) is 7.46. The van der Waals surface area contributed by atoms with E-state index in [4.69, 9.17) is 4.42 Å². The second kappa shape index (κ2) is 9.56. The van der Waals surface area contributed by atoms with Crippen LogP contribution < -0.4 is 9.46 Å². The number of carbonyl (C=O) groups is 1. The Morgan fingerprint density at radius 3 is 2.45 bits per heavy atom. The van der Waals surface area contributed by atoms with Crippen molar-refractivity contribution in [1.29, 1.82) is 0 Å². The van der Waals surface area contributed by atoms with Crippen molar-refractivity contribution in [3.05, 3.63) is 54.5 Å². The predicted molar refractivity (Wildman–Crippen MR) is 105 cm³/mol. The number of benzene rings is 1. The second-order valence-electron chi connectivity index (χ2n) is 6.99. The second-order valence-corrected chi connectivity index (χ2v) is 8.76. The predicted octanol–water partition coefficient (Wildman–Crippen LogP) is 3.41. The molecule has 0 unspecified atom stereocenters. The van der Waals surface area contributed by atoms with Crippen molar-refractivity contribution >= 4 is 22.0 Å². The van der Waals surface area contributed by atoms with Crippen molar-refractivity contribution in [3.8, 4) is 5.75 Å². The number of rotatable bonds is 7. The molecule has 0 radical (unpaired) electrons. The number of ether oxygens (including phenoxy) is 1. The standard InChI is InChI=1S/C20H21F3N2O5S/c21-20(22,23)30-17-3-6-18(7-4-17)31(27,28)24-14-15-9-11-25(12-10-15)19(26)8-5-16-2-1-13-29-16/h1-8,13,15,24H,9-12,14H2/b8-5+. The number of hydrogen-bond donors (Lipinski definition) is 1. The lowest BCUT2D eigenvalue weighted by Gasteiger charge is -2.31. The monoisotopic (exact) mass is 458 g/mol. The van der Waals surface area contributed by atoms with E-state index in [1.807, 2.05) is 0 Å². The molecule has 1 fully saturated rings. The number of amides is 1. The van der Waals surface area contributed by atoms with Gasteiger partial charge < -0.3 is 14.1 Å². The molecule has 2 heterocycles. The molecule has 0 atom stereocenters. The molecule has 31 heavy (non-hydrogen) atoms. The van der Waals surface area contributed by atoms with E-state index < -0.39 is 22.1 Å². The summed E-state index contributed by atoms with van der Waals surface area (Å²) in [5.74, 6) is -0.0162. The molecule has 3 rings (SSSR count). The zero-order valence-corrected chi connectivity index (χ0v) is 17.2. The lowest BCUT2D eigenvalue weighted by Crippen LogP contribution is -2.40. The number of nitrogens with zero attached hydrogens (tertiary/aromatic N) is 1. The fourth-order valence-electron chi connectivity index (χ4n) is 3.13. The third-order valence-electron chi connectivity index (χ3n) is 4.79. The molecular formula is C20H21F3N2O5S. The van der Waals surface area contributed by atoms with E-state index in [0.29, 0.717) is 31.7 Å². The van der Waals surface area contributed by atoms with Crippen LogP contribution in [0.15, 0.2) is 58.1 Å². The fourth-order valence-corrected chi connectivity index (χ4v) is 4.25. The third-order valence-corrected chi connectivity index (χ3v) is 6.23. The summed E-state index contributed by atoms with van der Waals surface area (Å²) in [7, 11) is -3.87. The van der Waals surface area contributed by atoms with Gasteiger partial charge in [-0.2, -0.15) is 0 Å². The van der Waals surface area contributed by atoms with Gasteiger partial charge in [0.2, 0.25) is 15.9 Å². The van der Waals surface area contributed by atoms with Crippen LogP contribution in [0.2, 0.25) is 0 Å². The summed E-state index contributed by atoms with van der Waals surface area (Å²) < 4.78 is 72.7. The lowest BCUT2D eigenvalue weighted by atomic mass is 9.97. The highest BCUT2D eigenvalue weighted by Crippen LogP contribution is 2.24. The Hall–Kier alpha value is -2.79. The van der Waals surface area contributed by atoms with Crippen LogP contribution >= 0.6 is 0 Å². The van der Waals surface area contributed by atoms with Crippen molar-refractivity contribution in [2.75, 3.05) is 19.6 Å². The van der Waals surface area contributed by atoms with Crippen LogP contribution in [0, 0.1) is 5.92 Å². The summed E-state index contributed by atoms with van der Waals surface area (Å²) in [6.07, 6.45) is 0.953. The topological polar surface area (TPSA) is 88.9 Å². The van der Waals surface area contributed by atoms with Gasteiger partial charge in [0.25, 0.3) is 0 Å². The van der Waals surface area contributed by atoms with Gasteiger partial charge in [-0.3, -0.25) is 4.79 Å². The van der Waals surface area contributed by atoms with E-state index in [1.54, 1.807) is 23.1 Å². The number of furan rings is 1. The molecule has 0 bridgehead atoms. The molecule has 7 nitrogen and oxygen atoms in total. The molecule has 1 aromatic carbocycles. The van der Waals surface area contributed by atoms with E-state index in [1.165, 1.54) is 12.3 Å². The first kappa shape index (κ1) is 22.9. The number of piperidine rings is 1. The van der Waals surface area contributed by atoms with Gasteiger partial charge in [0.1, 0.15) is 11.5 Å². The maximum Gasteiger partial charge on any atom is 0.573 e. The van der Waals surface area contributed by atoms with Crippen LogP contribution in [0.1, 0.15) is 18.6 Å². The molecule has 1 aliphatic rings. The minimum absolute atomic E-state index is 0.0423. The molecule has 0 saturated carbocycles. The largest absolute Gasteiger partial charge is 0.573 e. The first-order valence-corrected chi connectivity index (χ1v) is 11.0. The molecular weight excluding hydrogens is 437 g/mol. The molecule has 1 amide bonds. The lowest BCUT2D eigenvalue weighted by molar-refractivity contribution is -0.274. The quantitative estimate of drug-likeness (QED) is 0.643. The molecule has 0 spiro atoms. The van der Waals surface area contributed by atoms with Crippen LogP contribution in [0.5, 0.6) is 5.75 Å². The van der Waals surface area contributed by atoms with E-state index >= 15 is 0 Å². The van der Waals surface area contributed by atoms with Crippen LogP contribution in [-0.2, 0) is 14.8 Å². The van der Waals surface area contributed by atoms with Crippen LogP contribution in [0.3, 0.4) is 0 Å². The van der Waals surface area contributed by atoms with E-state index in [-0.39, 0.29) is 23.3 Å². The third kappa shape index (κ3) is 6.86. The summed E-state index contributed by atoms with van der Waals surface area (Å²) in [5.41, 5.74) is 0. The normalized spacial score (nSPS) is 16.0. The molecule has 0 aliphatic carbocycles. The minimum atomic E-state index is -4.84. The van der Waals surface area contributed by atoms with Gasteiger partial charge in [0.05, 0.1) is 11.2 Å². The number of likely N-dealkylation sites (tertiary alicyclic amines) is 1. The van der Waals surface area contributed by atoms with Gasteiger partial charge in [-0.25, -0.2) is 13.1 Å². The first-order chi connectivity index (χ1) is 14.6. The Labute approximate surface area is 177 Å². The van der Waals surface area contributed by atoms with Crippen molar-refractivity contribution in [1.82, 2.24) is 9.62 Å². The smallest absolute Gasteiger partial charge is 0.465 e. The number of carbonyl (C=O) groups excluding carboxylic acids is 1. The molecule has 1 aromatic heterocycles. The van der Waals surface area contributed by atoms with Gasteiger partial charge in [0, 0.05) is 25.7 Å². The average Bonchev–Trinajstić information content (AvgIpc) is 3.24. The van der Waals surface area contributed by atoms with E-state index in [9.17, 15) is 26.4 Å². The van der Waals surface area contributed by atoms with Crippen molar-refractivity contribution in [2.24, 2.45) is 5.92 Å². The first-order valence-electron chi connectivity index (χ1n) is 9.48. The molecule has 168 valence electrons. The minimum Gasteiger partial charge on any atom is -0.465 e. The van der Waals surface area contributed by atoms with Crippen molar-refractivity contribution < 1.29 is 35.5 Å². The molecule has 2 aromatic rings. The zero-order chi connectivity index (χ0) is 22.5. The molecule has 1 N–H and O–H groups in total. The Balaban J connectivity index is 1.46. The summed E-state index contributed by atoms with van der Waals surface area (Å²) in [6.45, 7) is 1.17. The van der Waals surface area contributed by atoms with Crippen molar-refractivity contribution in [3.63, 3.8) is 0 Å². The Morgan fingerprint density at radius 2 is 1.87 bits per heavy atom. The molecule has 1 saturated heterocycles. The number of hydrogen-bond acceptors (Lipinski definition) is 5. The van der Waals surface area contributed by atoms with Crippen molar-refractivity contribution in [2.45, 2.75) is 24.1 Å². The average molecular weight is 458 g/mol. The maximum atomic E-state index is 12.4. The van der Waals surface area contributed by atoms with E-state index in [2.05, 4.69) is 9.46 Å². The van der Waals surface area contributed by atoms with Crippen LogP contribution in [0.25, 0.3) is 6.08 Å². The number of alkyl halides is 3. The van der Waals surface area contributed by atoms with Gasteiger partial charge >= 0.3 is 6.36 Å². The highest BCUT2D eigenvalue weighted by molar-refractivity contribution is 7.89. The summed E-state index contributed by atoms with van der Waals surface area (Å²) >= 11 is 0. The number of sulfonamides is 1. The van der Waals surface area contributed by atoms with Crippen LogP contribution in [0.4, 0.5) is 13.2 Å². The van der Waals surface area contributed by atoms with Gasteiger partial charge in [-0.15, -0.1) is 13.2 Å². The Morgan fingerprint density at radius 1 is 1.19 bits per heavy atom.